The second-order valence-electron chi connectivity index (χ2n) is 3.90. The van der Waals surface area contributed by atoms with E-state index in [-0.39, 0.29) is 5.91 Å². The lowest BCUT2D eigenvalue weighted by atomic mass is 10.2. The van der Waals surface area contributed by atoms with Crippen molar-refractivity contribution >= 4 is 33.2 Å². The van der Waals surface area contributed by atoms with Gasteiger partial charge in [-0.15, -0.1) is 11.3 Å². The molecule has 0 radical (unpaired) electrons. The molecule has 0 bridgehead atoms. The first-order valence-corrected chi connectivity index (χ1v) is 7.27. The van der Waals surface area contributed by atoms with Crippen LogP contribution in [0.2, 0.25) is 0 Å². The fourth-order valence-electron chi connectivity index (χ4n) is 1.53. The van der Waals surface area contributed by atoms with Crippen LogP contribution in [0.1, 0.15) is 21.1 Å². The summed E-state index contributed by atoms with van der Waals surface area (Å²) in [5.41, 5.74) is 1.70. The molecule has 2 rings (SSSR count). The molecule has 0 aliphatic carbocycles. The minimum Gasteiger partial charge on any atom is -0.352 e. The molecule has 1 aromatic heterocycles. The van der Waals surface area contributed by atoms with E-state index < -0.39 is 0 Å². The molecule has 0 atom stereocenters. The van der Waals surface area contributed by atoms with Gasteiger partial charge < -0.3 is 5.32 Å². The van der Waals surface area contributed by atoms with Crippen LogP contribution < -0.4 is 5.32 Å². The first kappa shape index (κ1) is 13.2. The molecule has 2 aromatic rings. The Hall–Kier alpha value is -1.20. The van der Waals surface area contributed by atoms with E-state index in [1.165, 1.54) is 0 Å². The number of aryl methyl sites for hydroxylation is 1. The van der Waals surface area contributed by atoms with Crippen molar-refractivity contribution in [2.45, 2.75) is 13.3 Å². The Morgan fingerprint density at radius 2 is 2.33 bits per heavy atom. The number of nitrogens with one attached hydrogen (secondary N) is 1. The van der Waals surface area contributed by atoms with Crippen LogP contribution in [0.5, 0.6) is 0 Å². The van der Waals surface area contributed by atoms with Gasteiger partial charge in [-0.2, -0.15) is 0 Å². The first-order valence-electron chi connectivity index (χ1n) is 5.60. The molecule has 94 valence electrons. The highest BCUT2D eigenvalue weighted by atomic mass is 79.9. The second-order valence-corrected chi connectivity index (χ2v) is 5.76. The second kappa shape index (κ2) is 6.11. The van der Waals surface area contributed by atoms with Crippen LogP contribution in [0, 0.1) is 6.92 Å². The summed E-state index contributed by atoms with van der Waals surface area (Å²) in [6.07, 6.45) is 0.776. The lowest BCUT2D eigenvalue weighted by molar-refractivity contribution is 0.0954. The van der Waals surface area contributed by atoms with Gasteiger partial charge in [-0.1, -0.05) is 22.0 Å². The van der Waals surface area contributed by atoms with E-state index in [0.29, 0.717) is 12.1 Å². The summed E-state index contributed by atoms with van der Waals surface area (Å²) < 4.78 is 0.908. The molecular weight excluding hydrogens is 312 g/mol. The number of rotatable bonds is 4. The lowest BCUT2D eigenvalue weighted by Gasteiger charge is -2.04. The van der Waals surface area contributed by atoms with Crippen molar-refractivity contribution in [2.75, 3.05) is 6.54 Å². The third kappa shape index (κ3) is 3.65. The number of hydrogen-bond acceptors (Lipinski definition) is 3. The molecule has 0 saturated heterocycles. The van der Waals surface area contributed by atoms with Crippen molar-refractivity contribution in [1.82, 2.24) is 10.3 Å². The molecule has 0 spiro atoms. The van der Waals surface area contributed by atoms with Crippen molar-refractivity contribution in [3.63, 3.8) is 0 Å². The standard InChI is InChI=1S/C13H13BrN2OS/c1-9-8-18-12(16-9)5-6-15-13(17)10-3-2-4-11(14)7-10/h2-4,7-8H,5-6H2,1H3,(H,15,17). The monoisotopic (exact) mass is 324 g/mol. The number of aromatic nitrogens is 1. The first-order chi connectivity index (χ1) is 8.65. The Morgan fingerprint density at radius 3 is 3.00 bits per heavy atom. The van der Waals surface area contributed by atoms with Crippen molar-refractivity contribution in [3.05, 3.63) is 50.4 Å². The van der Waals surface area contributed by atoms with Gasteiger partial charge in [0.05, 0.1) is 5.01 Å². The van der Waals surface area contributed by atoms with Crippen LogP contribution >= 0.6 is 27.3 Å². The molecule has 0 saturated carbocycles. The highest BCUT2D eigenvalue weighted by Gasteiger charge is 2.05. The number of halogens is 1. The average Bonchev–Trinajstić information content (AvgIpc) is 2.75. The summed E-state index contributed by atoms with van der Waals surface area (Å²) in [7, 11) is 0. The predicted molar refractivity (Wildman–Crippen MR) is 77.0 cm³/mol. The molecule has 1 heterocycles. The number of hydrogen-bond donors (Lipinski definition) is 1. The molecule has 3 nitrogen and oxygen atoms in total. The van der Waals surface area contributed by atoms with Gasteiger partial charge in [-0.3, -0.25) is 4.79 Å². The number of benzene rings is 1. The van der Waals surface area contributed by atoms with Crippen molar-refractivity contribution in [3.8, 4) is 0 Å². The molecule has 1 amide bonds. The lowest BCUT2D eigenvalue weighted by Crippen LogP contribution is -2.25. The van der Waals surface area contributed by atoms with E-state index in [1.807, 2.05) is 30.5 Å². The molecular formula is C13H13BrN2OS. The van der Waals surface area contributed by atoms with E-state index in [1.54, 1.807) is 17.4 Å². The minimum atomic E-state index is -0.0513. The topological polar surface area (TPSA) is 42.0 Å². The summed E-state index contributed by atoms with van der Waals surface area (Å²) in [6.45, 7) is 2.58. The Morgan fingerprint density at radius 1 is 1.50 bits per heavy atom. The maximum atomic E-state index is 11.8. The fraction of sp³-hybridized carbons (Fsp3) is 0.231. The molecule has 1 N–H and O–H groups in total. The summed E-state index contributed by atoms with van der Waals surface area (Å²) in [5, 5.41) is 5.97. The van der Waals surface area contributed by atoms with Crippen LogP contribution in [-0.2, 0) is 6.42 Å². The van der Waals surface area contributed by atoms with Crippen LogP contribution in [-0.4, -0.2) is 17.4 Å². The van der Waals surface area contributed by atoms with E-state index in [9.17, 15) is 4.79 Å². The largest absolute Gasteiger partial charge is 0.352 e. The highest BCUT2D eigenvalue weighted by molar-refractivity contribution is 9.10. The smallest absolute Gasteiger partial charge is 0.251 e. The third-order valence-corrected chi connectivity index (χ3v) is 3.90. The highest BCUT2D eigenvalue weighted by Crippen LogP contribution is 2.12. The number of carbonyl (C=O) groups excluding carboxylic acids is 1. The third-order valence-electron chi connectivity index (χ3n) is 2.38. The molecule has 0 aliphatic heterocycles. The Balaban J connectivity index is 1.85. The molecule has 1 aromatic carbocycles. The van der Waals surface area contributed by atoms with Gasteiger partial charge in [0.1, 0.15) is 0 Å². The van der Waals surface area contributed by atoms with Gasteiger partial charge in [0.2, 0.25) is 0 Å². The van der Waals surface area contributed by atoms with Gasteiger partial charge in [-0.25, -0.2) is 4.98 Å². The van der Waals surface area contributed by atoms with Gasteiger partial charge in [0.25, 0.3) is 5.91 Å². The van der Waals surface area contributed by atoms with Gasteiger partial charge >= 0.3 is 0 Å². The Kier molecular flexibility index (Phi) is 4.49. The molecule has 18 heavy (non-hydrogen) atoms. The predicted octanol–water partition coefficient (Wildman–Crippen LogP) is 3.19. The van der Waals surface area contributed by atoms with Crippen molar-refractivity contribution < 1.29 is 4.79 Å². The summed E-state index contributed by atoms with van der Waals surface area (Å²) in [5.74, 6) is -0.0513. The molecule has 0 unspecified atom stereocenters. The number of nitrogens with zero attached hydrogens (tertiary/aromatic N) is 1. The minimum absolute atomic E-state index is 0.0513. The normalized spacial score (nSPS) is 10.3. The van der Waals surface area contributed by atoms with E-state index in [4.69, 9.17) is 0 Å². The summed E-state index contributed by atoms with van der Waals surface area (Å²) in [6, 6.07) is 7.36. The Bertz CT molecular complexity index is 553. The van der Waals surface area contributed by atoms with E-state index >= 15 is 0 Å². The van der Waals surface area contributed by atoms with Crippen molar-refractivity contribution in [2.24, 2.45) is 0 Å². The summed E-state index contributed by atoms with van der Waals surface area (Å²) >= 11 is 4.98. The number of amides is 1. The Labute approximate surface area is 118 Å². The van der Waals surface area contributed by atoms with Crippen LogP contribution in [0.15, 0.2) is 34.1 Å². The number of thiazole rings is 1. The maximum absolute atomic E-state index is 11.8. The molecule has 0 aliphatic rings. The zero-order valence-corrected chi connectivity index (χ0v) is 12.3. The van der Waals surface area contributed by atoms with Crippen LogP contribution in [0.3, 0.4) is 0 Å². The zero-order chi connectivity index (χ0) is 13.0. The molecule has 0 fully saturated rings. The quantitative estimate of drug-likeness (QED) is 0.938. The van der Waals surface area contributed by atoms with Gasteiger partial charge in [0, 0.05) is 34.1 Å². The number of carbonyl (C=O) groups is 1. The summed E-state index contributed by atoms with van der Waals surface area (Å²) in [4.78, 5) is 16.2. The SMILES string of the molecule is Cc1csc(CCNC(=O)c2cccc(Br)c2)n1. The van der Waals surface area contributed by atoms with Gasteiger partial charge in [-0.05, 0) is 25.1 Å². The average molecular weight is 325 g/mol. The van der Waals surface area contributed by atoms with Crippen LogP contribution in [0.4, 0.5) is 0 Å². The van der Waals surface area contributed by atoms with E-state index in [2.05, 4.69) is 26.2 Å². The van der Waals surface area contributed by atoms with E-state index in [0.717, 1.165) is 21.6 Å². The fourth-order valence-corrected chi connectivity index (χ4v) is 2.71. The van der Waals surface area contributed by atoms with Gasteiger partial charge in [0.15, 0.2) is 0 Å². The van der Waals surface area contributed by atoms with Crippen LogP contribution in [0.25, 0.3) is 0 Å². The van der Waals surface area contributed by atoms with Crippen molar-refractivity contribution in [1.29, 1.82) is 0 Å². The maximum Gasteiger partial charge on any atom is 0.251 e. The zero-order valence-electron chi connectivity index (χ0n) is 9.94. The molecule has 5 heteroatoms.